The summed E-state index contributed by atoms with van der Waals surface area (Å²) in [6, 6.07) is 9.61. The molecular weight excluding hydrogens is 244 g/mol. The molecule has 92 valence electrons. The first-order valence-corrected chi connectivity index (χ1v) is 6.82. The summed E-state index contributed by atoms with van der Waals surface area (Å²) < 4.78 is 5.97. The van der Waals surface area contributed by atoms with Crippen LogP contribution in [0.2, 0.25) is 0 Å². The number of ether oxygens (including phenoxy) is 1. The molecule has 0 amide bonds. The monoisotopic (exact) mass is 258 g/mol. The maximum Gasteiger partial charge on any atom is 0.170 e. The van der Waals surface area contributed by atoms with Crippen LogP contribution in [0, 0.1) is 13.8 Å². The third kappa shape index (κ3) is 1.85. The predicted molar refractivity (Wildman–Crippen MR) is 72.6 cm³/mol. The van der Waals surface area contributed by atoms with Crippen LogP contribution in [-0.4, -0.2) is 5.78 Å². The van der Waals surface area contributed by atoms with Gasteiger partial charge in [-0.3, -0.25) is 4.79 Å². The topological polar surface area (TPSA) is 26.3 Å². The minimum atomic E-state index is -0.127. The number of hydrogen-bond donors (Lipinski definition) is 0. The highest BCUT2D eigenvalue weighted by Gasteiger charge is 2.28. The Labute approximate surface area is 110 Å². The van der Waals surface area contributed by atoms with Gasteiger partial charge in [0.15, 0.2) is 5.78 Å². The molecule has 0 saturated heterocycles. The van der Waals surface area contributed by atoms with E-state index in [-0.39, 0.29) is 11.9 Å². The Kier molecular flexibility index (Phi) is 2.71. The molecule has 2 aromatic rings. The largest absolute Gasteiger partial charge is 0.484 e. The molecule has 0 bridgehead atoms. The number of benzene rings is 1. The Morgan fingerprint density at radius 1 is 1.28 bits per heavy atom. The zero-order valence-corrected chi connectivity index (χ0v) is 11.2. The van der Waals surface area contributed by atoms with E-state index in [9.17, 15) is 4.79 Å². The number of carbonyl (C=O) groups excluding carboxylic acids is 1. The van der Waals surface area contributed by atoms with E-state index < -0.39 is 0 Å². The molecule has 1 unspecified atom stereocenters. The van der Waals surface area contributed by atoms with Gasteiger partial charge in [0.2, 0.25) is 0 Å². The van der Waals surface area contributed by atoms with Gasteiger partial charge in [-0.1, -0.05) is 12.1 Å². The lowest BCUT2D eigenvalue weighted by molar-refractivity contribution is 0.0850. The van der Waals surface area contributed by atoms with Crippen LogP contribution in [0.25, 0.3) is 0 Å². The first kappa shape index (κ1) is 11.5. The Balaban J connectivity index is 1.99. The third-order valence-electron chi connectivity index (χ3n) is 3.25. The molecular formula is C15H14O2S. The summed E-state index contributed by atoms with van der Waals surface area (Å²) in [7, 11) is 0. The van der Waals surface area contributed by atoms with Crippen LogP contribution in [0.3, 0.4) is 0 Å². The van der Waals surface area contributed by atoms with Gasteiger partial charge in [-0.25, -0.2) is 0 Å². The van der Waals surface area contributed by atoms with Gasteiger partial charge in [-0.05, 0) is 32.0 Å². The van der Waals surface area contributed by atoms with Crippen LogP contribution in [0.1, 0.15) is 38.2 Å². The van der Waals surface area contributed by atoms with Crippen molar-refractivity contribution in [1.82, 2.24) is 0 Å². The maximum atomic E-state index is 12.1. The number of hydrogen-bond acceptors (Lipinski definition) is 3. The average Bonchev–Trinajstić information content (AvgIpc) is 2.68. The molecule has 0 saturated carbocycles. The fourth-order valence-corrected chi connectivity index (χ4v) is 3.39. The van der Waals surface area contributed by atoms with Crippen molar-refractivity contribution in [2.45, 2.75) is 26.4 Å². The van der Waals surface area contributed by atoms with Gasteiger partial charge in [0, 0.05) is 15.3 Å². The fraction of sp³-hybridized carbons (Fsp3) is 0.267. The van der Waals surface area contributed by atoms with Crippen LogP contribution in [-0.2, 0) is 0 Å². The van der Waals surface area contributed by atoms with Gasteiger partial charge in [-0.15, -0.1) is 11.3 Å². The second kappa shape index (κ2) is 4.25. The first-order chi connectivity index (χ1) is 8.65. The van der Waals surface area contributed by atoms with Crippen molar-refractivity contribution in [1.29, 1.82) is 0 Å². The van der Waals surface area contributed by atoms with Gasteiger partial charge >= 0.3 is 0 Å². The van der Waals surface area contributed by atoms with E-state index >= 15 is 0 Å². The predicted octanol–water partition coefficient (Wildman–Crippen LogP) is 4.07. The van der Waals surface area contributed by atoms with E-state index in [0.29, 0.717) is 17.7 Å². The lowest BCUT2D eigenvalue weighted by atomic mass is 9.96. The molecule has 1 aromatic carbocycles. The summed E-state index contributed by atoms with van der Waals surface area (Å²) in [6.45, 7) is 4.17. The van der Waals surface area contributed by atoms with Crippen molar-refractivity contribution in [2.24, 2.45) is 0 Å². The Bertz CT molecular complexity index is 613. The minimum Gasteiger partial charge on any atom is -0.484 e. The summed E-state index contributed by atoms with van der Waals surface area (Å²) in [5.41, 5.74) is 1.86. The van der Waals surface area contributed by atoms with Crippen molar-refractivity contribution in [3.63, 3.8) is 0 Å². The number of para-hydroxylation sites is 1. The lowest BCUT2D eigenvalue weighted by Crippen LogP contribution is -2.20. The minimum absolute atomic E-state index is 0.127. The van der Waals surface area contributed by atoms with Crippen molar-refractivity contribution < 1.29 is 9.53 Å². The molecule has 3 rings (SSSR count). The number of Topliss-reactive ketones (excluding diaryl/α,β-unsaturated/α-hetero) is 1. The van der Waals surface area contributed by atoms with E-state index in [1.54, 1.807) is 11.3 Å². The summed E-state index contributed by atoms with van der Waals surface area (Å²) >= 11 is 1.75. The van der Waals surface area contributed by atoms with Crippen LogP contribution in [0.15, 0.2) is 30.3 Å². The summed E-state index contributed by atoms with van der Waals surface area (Å²) in [6.07, 6.45) is 0.311. The van der Waals surface area contributed by atoms with E-state index in [1.807, 2.05) is 24.3 Å². The van der Waals surface area contributed by atoms with Crippen LogP contribution >= 0.6 is 11.3 Å². The van der Waals surface area contributed by atoms with E-state index in [2.05, 4.69) is 19.9 Å². The van der Waals surface area contributed by atoms with Crippen molar-refractivity contribution in [2.75, 3.05) is 0 Å². The quantitative estimate of drug-likeness (QED) is 0.770. The Morgan fingerprint density at radius 3 is 2.78 bits per heavy atom. The molecule has 3 heteroatoms. The molecule has 18 heavy (non-hydrogen) atoms. The van der Waals surface area contributed by atoms with E-state index in [0.717, 1.165) is 5.56 Å². The van der Waals surface area contributed by atoms with Crippen LogP contribution in [0.4, 0.5) is 0 Å². The normalized spacial score (nSPS) is 18.3. The standard InChI is InChI=1S/C15H14O2S/c1-9-7-12(10(2)18-9)15-8-13(16)11-5-3-4-6-14(11)17-15/h3-7,15H,8H2,1-2H3. The van der Waals surface area contributed by atoms with Gasteiger partial charge in [0.05, 0.1) is 12.0 Å². The highest BCUT2D eigenvalue weighted by atomic mass is 32.1. The van der Waals surface area contributed by atoms with Crippen LogP contribution in [0.5, 0.6) is 5.75 Å². The molecule has 2 nitrogen and oxygen atoms in total. The molecule has 0 spiro atoms. The average molecular weight is 258 g/mol. The molecule has 0 aliphatic carbocycles. The third-order valence-corrected chi connectivity index (χ3v) is 4.24. The van der Waals surface area contributed by atoms with Gasteiger partial charge in [0.1, 0.15) is 11.9 Å². The molecule has 0 radical (unpaired) electrons. The number of carbonyl (C=O) groups is 1. The number of rotatable bonds is 1. The molecule has 1 aliphatic heterocycles. The second-order valence-corrected chi connectivity index (χ2v) is 6.06. The summed E-state index contributed by atoms with van der Waals surface area (Å²) in [5.74, 6) is 0.882. The second-order valence-electron chi connectivity index (χ2n) is 4.60. The highest BCUT2D eigenvalue weighted by molar-refractivity contribution is 7.12. The lowest BCUT2D eigenvalue weighted by Gasteiger charge is -2.25. The zero-order chi connectivity index (χ0) is 12.7. The summed E-state index contributed by atoms with van der Waals surface area (Å²) in [5, 5.41) is 0. The smallest absolute Gasteiger partial charge is 0.170 e. The number of ketones is 1. The maximum absolute atomic E-state index is 12.1. The van der Waals surface area contributed by atoms with Gasteiger partial charge in [-0.2, -0.15) is 0 Å². The molecule has 0 N–H and O–H groups in total. The van der Waals surface area contributed by atoms with Crippen LogP contribution < -0.4 is 4.74 Å². The highest BCUT2D eigenvalue weighted by Crippen LogP contribution is 2.37. The number of fused-ring (bicyclic) bond motifs is 1. The SMILES string of the molecule is Cc1cc(C2CC(=O)c3ccccc3O2)c(C)s1. The van der Waals surface area contributed by atoms with Crippen molar-refractivity contribution >= 4 is 17.1 Å². The molecule has 1 aromatic heterocycles. The van der Waals surface area contributed by atoms with E-state index in [1.165, 1.54) is 9.75 Å². The first-order valence-electron chi connectivity index (χ1n) is 6.01. The Morgan fingerprint density at radius 2 is 2.06 bits per heavy atom. The van der Waals surface area contributed by atoms with Gasteiger partial charge < -0.3 is 4.74 Å². The van der Waals surface area contributed by atoms with Gasteiger partial charge in [0.25, 0.3) is 0 Å². The number of aryl methyl sites for hydroxylation is 2. The molecule has 1 atom stereocenters. The molecule has 0 fully saturated rings. The fourth-order valence-electron chi connectivity index (χ4n) is 2.42. The zero-order valence-electron chi connectivity index (χ0n) is 10.4. The molecule has 1 aliphatic rings. The summed E-state index contributed by atoms with van der Waals surface area (Å²) in [4.78, 5) is 14.6. The molecule has 2 heterocycles. The van der Waals surface area contributed by atoms with E-state index in [4.69, 9.17) is 4.74 Å². The van der Waals surface area contributed by atoms with Crippen molar-refractivity contribution in [3.05, 3.63) is 51.2 Å². The van der Waals surface area contributed by atoms with Crippen molar-refractivity contribution in [3.8, 4) is 5.75 Å². The number of thiophene rings is 1. The Hall–Kier alpha value is -1.61.